The molecule has 60 heavy (non-hydrogen) atoms. The number of ether oxygens (including phenoxy) is 5. The fraction of sp³-hybridized carbons (Fsp3) is 0.735. The van der Waals surface area contributed by atoms with E-state index < -0.39 is 132 Å². The van der Waals surface area contributed by atoms with Crippen molar-refractivity contribution in [1.29, 1.82) is 5.26 Å². The van der Waals surface area contributed by atoms with E-state index in [2.05, 4.69) is 5.32 Å². The first-order chi connectivity index (χ1) is 27.8. The van der Waals surface area contributed by atoms with E-state index in [0.29, 0.717) is 0 Å². The van der Waals surface area contributed by atoms with Gasteiger partial charge in [0.2, 0.25) is 5.91 Å². The predicted octanol–water partition coefficient (Wildman–Crippen LogP) is 2.22. The van der Waals surface area contributed by atoms with Crippen LogP contribution in [0.3, 0.4) is 0 Å². The minimum atomic E-state index is -5.40. The van der Waals surface area contributed by atoms with Crippen LogP contribution in [0.2, 0.25) is 10.1 Å². The number of carbonyl (C=O) groups is 4. The fourth-order valence-corrected chi connectivity index (χ4v) is 14.5. The zero-order valence-corrected chi connectivity index (χ0v) is 37.6. The van der Waals surface area contributed by atoms with Crippen molar-refractivity contribution in [2.45, 2.75) is 141 Å². The molecule has 4 heterocycles. The molecule has 0 aliphatic carbocycles. The van der Waals surface area contributed by atoms with E-state index in [1.54, 1.807) is 0 Å². The third-order valence-corrected chi connectivity index (χ3v) is 16.9. The molecule has 3 fully saturated rings. The van der Waals surface area contributed by atoms with Gasteiger partial charge in [-0.05, 0) is 0 Å². The van der Waals surface area contributed by atoms with Crippen molar-refractivity contribution in [3.05, 3.63) is 33.1 Å². The van der Waals surface area contributed by atoms with Crippen LogP contribution in [0.15, 0.2) is 21.9 Å². The Kier molecular flexibility index (Phi) is 16.2. The van der Waals surface area contributed by atoms with Gasteiger partial charge in [-0.3, -0.25) is 38.0 Å². The van der Waals surface area contributed by atoms with E-state index >= 15 is 0 Å². The quantitative estimate of drug-likeness (QED) is 0.0747. The molecule has 1 amide bonds. The largest absolute Gasteiger partial charge is 0.481 e. The van der Waals surface area contributed by atoms with Crippen molar-refractivity contribution in [2.75, 3.05) is 19.8 Å². The maximum atomic E-state index is 13.8. The minimum Gasteiger partial charge on any atom is -0.457 e. The summed E-state index contributed by atoms with van der Waals surface area (Å²) in [5.41, 5.74) is -1.70. The summed E-state index contributed by atoms with van der Waals surface area (Å²) in [4.78, 5) is 87.1. The van der Waals surface area contributed by atoms with Crippen molar-refractivity contribution in [1.82, 2.24) is 14.9 Å². The van der Waals surface area contributed by atoms with Crippen LogP contribution in [0.5, 0.6) is 0 Å². The number of esters is 3. The highest BCUT2D eigenvalue weighted by molar-refractivity contribution is 7.58. The topological polar surface area (TPSA) is 298 Å². The van der Waals surface area contributed by atoms with Gasteiger partial charge in [0, 0.05) is 50.0 Å². The molecule has 4 rings (SSSR count). The number of rotatable bonds is 15. The number of amides is 1. The molecule has 11 atom stereocenters. The summed E-state index contributed by atoms with van der Waals surface area (Å²) >= 11 is 0. The molecule has 0 saturated carbocycles. The Labute approximate surface area is 347 Å². The lowest BCUT2D eigenvalue weighted by Crippen LogP contribution is -2.73. The predicted molar refractivity (Wildman–Crippen MR) is 205 cm³/mol. The number of H-pyrrole nitrogens is 1. The van der Waals surface area contributed by atoms with Crippen LogP contribution in [-0.4, -0.2) is 116 Å². The van der Waals surface area contributed by atoms with Gasteiger partial charge in [0.1, 0.15) is 24.4 Å². The molecule has 0 spiro atoms. The molecule has 0 bridgehead atoms. The third kappa shape index (κ3) is 11.9. The van der Waals surface area contributed by atoms with Crippen molar-refractivity contribution in [3.63, 3.8) is 0 Å². The molecule has 0 aromatic carbocycles. The minimum absolute atomic E-state index is 0.106. The Morgan fingerprint density at radius 1 is 0.983 bits per heavy atom. The SMILES string of the molecule is CC(=O)NC1C(OP(=O)(O)OP(OCCC#N)OCC2OC(n3ccc(=O)[nH]c3=O)C(OC(C)=O)C2OC(C)=O)OC2CO[Si](C(C)(C)C)(C(C)(C)C)OC2C1OC(C)=O. The zero-order valence-electron chi connectivity index (χ0n) is 34.8. The number of nitrogens with one attached hydrogen (secondary N) is 2. The lowest BCUT2D eigenvalue weighted by atomic mass is 9.96. The van der Waals surface area contributed by atoms with Crippen LogP contribution in [0, 0.1) is 11.3 Å². The summed E-state index contributed by atoms with van der Waals surface area (Å²) < 4.78 is 78.6. The van der Waals surface area contributed by atoms with Gasteiger partial charge in [0.15, 0.2) is 30.8 Å². The lowest BCUT2D eigenvalue weighted by Gasteiger charge is -2.57. The van der Waals surface area contributed by atoms with E-state index in [4.69, 9.17) is 55.7 Å². The van der Waals surface area contributed by atoms with Crippen LogP contribution in [0.4, 0.5) is 0 Å². The molecule has 0 radical (unpaired) electrons. The van der Waals surface area contributed by atoms with Gasteiger partial charge in [0.25, 0.3) is 5.56 Å². The Morgan fingerprint density at radius 2 is 1.58 bits per heavy atom. The van der Waals surface area contributed by atoms with E-state index in [9.17, 15) is 38.2 Å². The number of phosphoric acid groups is 1. The number of aromatic amines is 1. The fourth-order valence-electron chi connectivity index (χ4n) is 7.29. The molecule has 336 valence electrons. The number of phosphoric ester groups is 1. The third-order valence-electron chi connectivity index (χ3n) is 9.22. The maximum Gasteiger partial charge on any atom is 0.481 e. The summed E-state index contributed by atoms with van der Waals surface area (Å²) in [6.45, 7) is 15.0. The summed E-state index contributed by atoms with van der Waals surface area (Å²) in [6.07, 6.45) is -10.2. The molecule has 26 heteroatoms. The van der Waals surface area contributed by atoms with E-state index in [1.165, 1.54) is 0 Å². The van der Waals surface area contributed by atoms with Crippen molar-refractivity contribution in [3.8, 4) is 6.07 Å². The van der Waals surface area contributed by atoms with Gasteiger partial charge < -0.3 is 51.8 Å². The highest BCUT2D eigenvalue weighted by Gasteiger charge is 2.66. The first kappa shape index (κ1) is 49.2. The second kappa shape index (κ2) is 19.7. The number of carbonyl (C=O) groups excluding carboxylic acids is 4. The molecule has 11 unspecified atom stereocenters. The van der Waals surface area contributed by atoms with Crippen LogP contribution < -0.4 is 16.6 Å². The van der Waals surface area contributed by atoms with Crippen molar-refractivity contribution in [2.24, 2.45) is 0 Å². The first-order valence-electron chi connectivity index (χ1n) is 18.7. The van der Waals surface area contributed by atoms with Crippen LogP contribution in [0.25, 0.3) is 0 Å². The van der Waals surface area contributed by atoms with Crippen LogP contribution >= 0.6 is 16.4 Å². The summed E-state index contributed by atoms with van der Waals surface area (Å²) in [7, 11) is -11.6. The molecule has 23 nitrogen and oxygen atoms in total. The Hall–Kier alpha value is -3.43. The monoisotopic (exact) mass is 910 g/mol. The van der Waals surface area contributed by atoms with Crippen LogP contribution in [0.1, 0.15) is 81.9 Å². The van der Waals surface area contributed by atoms with Crippen molar-refractivity contribution < 1.29 is 79.1 Å². The molecule has 3 aliphatic heterocycles. The highest BCUT2D eigenvalue weighted by atomic mass is 31.3. The van der Waals surface area contributed by atoms with E-state index in [-0.39, 0.29) is 19.6 Å². The smallest absolute Gasteiger partial charge is 0.457 e. The number of hydrogen-bond donors (Lipinski definition) is 3. The summed E-state index contributed by atoms with van der Waals surface area (Å²) in [5.74, 6) is -3.12. The first-order valence-corrected chi connectivity index (χ1v) is 23.1. The highest BCUT2D eigenvalue weighted by Crippen LogP contribution is 2.60. The van der Waals surface area contributed by atoms with Crippen LogP contribution in [-0.2, 0) is 74.2 Å². The van der Waals surface area contributed by atoms with Gasteiger partial charge in [-0.1, -0.05) is 41.5 Å². The molecular weight excluding hydrogens is 858 g/mol. The Morgan fingerprint density at radius 3 is 2.13 bits per heavy atom. The van der Waals surface area contributed by atoms with Gasteiger partial charge in [0.05, 0.1) is 32.3 Å². The normalized spacial score (nSPS) is 29.2. The standard InChI is InChI=1S/C34H52N4O19P2Si/c1-18(39)36-25-28(51-20(3)41)27-23(17-49-60(56-27,33(5,6)7)34(8,9)10)54-31(25)55-59(45,46)57-58(47-15-11-13-35)48-16-22-26(50-19(2)40)29(52-21(4)42)30(53-22)38-14-12-24(43)37-32(38)44/h12,14,22-23,25-31H,11,15-17H2,1-10H3,(H,36,39)(H,45,46)(H,37,43,44). The summed E-state index contributed by atoms with van der Waals surface area (Å²) in [5, 5.41) is 10.7. The average Bonchev–Trinajstić information content (AvgIpc) is 3.41. The molecule has 1 aromatic rings. The van der Waals surface area contributed by atoms with E-state index in [1.807, 2.05) is 52.6 Å². The lowest BCUT2D eigenvalue weighted by molar-refractivity contribution is -0.264. The number of fused-ring (bicyclic) bond motifs is 1. The summed E-state index contributed by atoms with van der Waals surface area (Å²) in [6, 6.07) is 1.38. The second-order valence-electron chi connectivity index (χ2n) is 16.0. The number of aromatic nitrogens is 2. The van der Waals surface area contributed by atoms with Crippen molar-refractivity contribution >= 4 is 48.8 Å². The zero-order chi connectivity index (χ0) is 45.0. The molecule has 3 saturated heterocycles. The van der Waals surface area contributed by atoms with Gasteiger partial charge in [-0.2, -0.15) is 5.26 Å². The van der Waals surface area contributed by atoms with Gasteiger partial charge in [-0.25, -0.2) is 13.7 Å². The second-order valence-corrected chi connectivity index (χ2v) is 23.5. The number of nitrogens with zero attached hydrogens (tertiary/aromatic N) is 2. The Balaban J connectivity index is 1.62. The van der Waals surface area contributed by atoms with Gasteiger partial charge in [-0.15, -0.1) is 0 Å². The average molecular weight is 911 g/mol. The Bertz CT molecular complexity index is 1930. The number of nitriles is 1. The molecule has 3 aliphatic rings. The number of hydrogen-bond acceptors (Lipinski definition) is 19. The van der Waals surface area contributed by atoms with E-state index in [0.717, 1.165) is 44.5 Å². The maximum absolute atomic E-state index is 13.8. The molecule has 3 N–H and O–H groups in total. The van der Waals surface area contributed by atoms with Gasteiger partial charge >= 0.3 is 48.6 Å². The molecular formula is C34H52N4O19P2Si. The molecule has 1 aromatic heterocycles.